The summed E-state index contributed by atoms with van der Waals surface area (Å²) >= 11 is 1.58. The van der Waals surface area contributed by atoms with Gasteiger partial charge in [-0.15, -0.1) is 10.2 Å². The maximum absolute atomic E-state index is 12.0. The third-order valence-corrected chi connectivity index (χ3v) is 6.38. The van der Waals surface area contributed by atoms with Crippen molar-refractivity contribution < 1.29 is 13.2 Å². The van der Waals surface area contributed by atoms with Crippen molar-refractivity contribution in [3.05, 3.63) is 41.7 Å². The average Bonchev–Trinajstić information content (AvgIpc) is 3.10. The van der Waals surface area contributed by atoms with Gasteiger partial charge in [-0.1, -0.05) is 37.7 Å². The molecule has 0 fully saturated rings. The van der Waals surface area contributed by atoms with Gasteiger partial charge in [0.1, 0.15) is 5.82 Å². The number of sulfonamides is 1. The van der Waals surface area contributed by atoms with Crippen molar-refractivity contribution in [3.63, 3.8) is 0 Å². The molecular weight excluding hydrogens is 422 g/mol. The van der Waals surface area contributed by atoms with E-state index in [1.807, 2.05) is 6.26 Å². The van der Waals surface area contributed by atoms with Crippen LogP contribution in [0.4, 0.5) is 0 Å². The highest BCUT2D eigenvalue weighted by Crippen LogP contribution is 2.16. The molecule has 1 aromatic heterocycles. The normalized spacial score (nSPS) is 12.0. The number of carbonyl (C=O) groups is 1. The first-order chi connectivity index (χ1) is 14.3. The Bertz CT molecular complexity index is 967. The second-order valence-electron chi connectivity index (χ2n) is 7.11. The zero-order valence-electron chi connectivity index (χ0n) is 17.8. The Morgan fingerprint density at radius 1 is 1.23 bits per heavy atom. The summed E-state index contributed by atoms with van der Waals surface area (Å²) in [6.07, 6.45) is 6.58. The molecule has 1 aromatic carbocycles. The molecule has 1 heterocycles. The van der Waals surface area contributed by atoms with Gasteiger partial charge < -0.3 is 9.88 Å². The fourth-order valence-corrected chi connectivity index (χ4v) is 4.02. The molecule has 2 aromatic rings. The lowest BCUT2D eigenvalue weighted by Gasteiger charge is -2.11. The van der Waals surface area contributed by atoms with Crippen molar-refractivity contribution in [3.8, 4) is 0 Å². The Hall–Kier alpha value is -2.17. The summed E-state index contributed by atoms with van der Waals surface area (Å²) in [7, 11) is -2.10. The molecule has 2 N–H and O–H groups in total. The average molecular weight is 452 g/mol. The number of nitrogens with zero attached hydrogens (tertiary/aromatic N) is 3. The van der Waals surface area contributed by atoms with Gasteiger partial charge in [0.05, 0.1) is 4.90 Å². The number of aromatic nitrogens is 3. The summed E-state index contributed by atoms with van der Waals surface area (Å²) in [5, 5.41) is 12.3. The van der Waals surface area contributed by atoms with Crippen LogP contribution in [-0.4, -0.2) is 48.9 Å². The summed E-state index contributed by atoms with van der Waals surface area (Å²) in [4.78, 5) is 12.2. The van der Waals surface area contributed by atoms with Gasteiger partial charge in [0.25, 0.3) is 0 Å². The lowest BCUT2D eigenvalue weighted by Crippen LogP contribution is -2.23. The molecule has 30 heavy (non-hydrogen) atoms. The predicted octanol–water partition coefficient (Wildman–Crippen LogP) is 2.33. The molecule has 0 atom stereocenters. The van der Waals surface area contributed by atoms with Gasteiger partial charge in [-0.25, -0.2) is 13.1 Å². The molecule has 0 bridgehead atoms. The summed E-state index contributed by atoms with van der Waals surface area (Å²) in [6.45, 7) is 5.73. The summed E-state index contributed by atoms with van der Waals surface area (Å²) < 4.78 is 27.8. The maximum atomic E-state index is 12.0. The zero-order chi connectivity index (χ0) is 22.1. The molecule has 0 saturated heterocycles. The Kier molecular flexibility index (Phi) is 9.07. The Labute approximate surface area is 182 Å². The molecule has 0 spiro atoms. The molecule has 10 heteroatoms. The van der Waals surface area contributed by atoms with Crippen molar-refractivity contribution in [2.45, 2.75) is 43.3 Å². The number of nitrogens with one attached hydrogen (secondary N) is 2. The monoisotopic (exact) mass is 451 g/mol. The van der Waals surface area contributed by atoms with E-state index in [-0.39, 0.29) is 10.8 Å². The third-order valence-electron chi connectivity index (χ3n) is 4.29. The topological polar surface area (TPSA) is 106 Å². The largest absolute Gasteiger partial charge is 0.353 e. The standard InChI is InChI=1S/C20H29N5O3S2/c1-15(2)14-25-18(23-24-20(25)29-4)6-5-13-22-19(26)12-9-16-7-10-17(11-8-16)30(27,28)21-3/h7-12,15,21H,5-6,13-14H2,1-4H3,(H,22,26). The van der Waals surface area contributed by atoms with Crippen LogP contribution in [0.15, 0.2) is 40.4 Å². The van der Waals surface area contributed by atoms with Gasteiger partial charge in [0.2, 0.25) is 15.9 Å². The number of benzene rings is 1. The lowest BCUT2D eigenvalue weighted by molar-refractivity contribution is -0.116. The number of aryl methyl sites for hydroxylation is 1. The van der Waals surface area contributed by atoms with Crippen molar-refractivity contribution in [1.29, 1.82) is 0 Å². The van der Waals surface area contributed by atoms with Crippen LogP contribution in [0.2, 0.25) is 0 Å². The molecular formula is C20H29N5O3S2. The molecule has 0 unspecified atom stereocenters. The molecule has 0 aliphatic carbocycles. The first-order valence-corrected chi connectivity index (χ1v) is 12.4. The van der Waals surface area contributed by atoms with Gasteiger partial charge in [0, 0.05) is 25.6 Å². The zero-order valence-corrected chi connectivity index (χ0v) is 19.4. The molecule has 0 aliphatic heterocycles. The fraction of sp³-hybridized carbons (Fsp3) is 0.450. The minimum Gasteiger partial charge on any atom is -0.353 e. The van der Waals surface area contributed by atoms with Gasteiger partial charge in [-0.05, 0) is 49.4 Å². The van der Waals surface area contributed by atoms with E-state index in [4.69, 9.17) is 0 Å². The second-order valence-corrected chi connectivity index (χ2v) is 9.77. The number of rotatable bonds is 11. The van der Waals surface area contributed by atoms with Crippen molar-refractivity contribution >= 4 is 33.8 Å². The summed E-state index contributed by atoms with van der Waals surface area (Å²) in [5.41, 5.74) is 0.742. The summed E-state index contributed by atoms with van der Waals surface area (Å²) in [6, 6.07) is 6.30. The van der Waals surface area contributed by atoms with E-state index in [1.165, 1.54) is 25.3 Å². The molecule has 1 amide bonds. The van der Waals surface area contributed by atoms with E-state index >= 15 is 0 Å². The first-order valence-electron chi connectivity index (χ1n) is 9.72. The maximum Gasteiger partial charge on any atom is 0.243 e. The van der Waals surface area contributed by atoms with Crippen molar-refractivity contribution in [2.24, 2.45) is 5.92 Å². The second kappa shape index (κ2) is 11.3. The van der Waals surface area contributed by atoms with E-state index in [1.54, 1.807) is 30.0 Å². The minimum atomic E-state index is -3.46. The van der Waals surface area contributed by atoms with E-state index in [0.29, 0.717) is 12.5 Å². The molecule has 2 rings (SSSR count). The molecule has 0 aliphatic rings. The lowest BCUT2D eigenvalue weighted by atomic mass is 10.2. The van der Waals surface area contributed by atoms with E-state index in [2.05, 4.69) is 38.7 Å². The van der Waals surface area contributed by atoms with Crippen molar-refractivity contribution in [2.75, 3.05) is 19.8 Å². The SMILES string of the molecule is CNS(=O)(=O)c1ccc(C=CC(=O)NCCCc2nnc(SC)n2CC(C)C)cc1. The predicted molar refractivity (Wildman–Crippen MR) is 120 cm³/mol. The van der Waals surface area contributed by atoms with Crippen molar-refractivity contribution in [1.82, 2.24) is 24.8 Å². The smallest absolute Gasteiger partial charge is 0.243 e. The quantitative estimate of drug-likeness (QED) is 0.309. The van der Waals surface area contributed by atoms with E-state index in [0.717, 1.165) is 35.9 Å². The number of thioether (sulfide) groups is 1. The molecule has 0 radical (unpaired) electrons. The van der Waals surface area contributed by atoms with Crippen LogP contribution < -0.4 is 10.0 Å². The highest BCUT2D eigenvalue weighted by Gasteiger charge is 2.12. The number of hydrogen-bond donors (Lipinski definition) is 2. The highest BCUT2D eigenvalue weighted by molar-refractivity contribution is 7.98. The third kappa shape index (κ3) is 6.96. The van der Waals surface area contributed by atoms with Gasteiger partial charge in [0.15, 0.2) is 5.16 Å². The van der Waals surface area contributed by atoms with Crippen LogP contribution in [0.3, 0.4) is 0 Å². The van der Waals surface area contributed by atoms with Crippen LogP contribution in [0.25, 0.3) is 6.08 Å². The number of amides is 1. The fourth-order valence-electron chi connectivity index (χ4n) is 2.77. The molecule has 8 nitrogen and oxygen atoms in total. The molecule has 164 valence electrons. The Morgan fingerprint density at radius 2 is 1.93 bits per heavy atom. The number of carbonyl (C=O) groups excluding carboxylic acids is 1. The minimum absolute atomic E-state index is 0.182. The Balaban J connectivity index is 1.82. The summed E-state index contributed by atoms with van der Waals surface area (Å²) in [5.74, 6) is 1.24. The first kappa shape index (κ1) is 24.1. The van der Waals surface area contributed by atoms with Crippen LogP contribution in [-0.2, 0) is 27.8 Å². The van der Waals surface area contributed by atoms with Gasteiger partial charge >= 0.3 is 0 Å². The van der Waals surface area contributed by atoms with Crippen LogP contribution in [0.5, 0.6) is 0 Å². The highest BCUT2D eigenvalue weighted by atomic mass is 32.2. The van der Waals surface area contributed by atoms with Crippen LogP contribution >= 0.6 is 11.8 Å². The van der Waals surface area contributed by atoms with E-state index in [9.17, 15) is 13.2 Å². The van der Waals surface area contributed by atoms with E-state index < -0.39 is 10.0 Å². The van der Waals surface area contributed by atoms with Crippen LogP contribution in [0, 0.1) is 5.92 Å². The van der Waals surface area contributed by atoms with Gasteiger partial charge in [-0.2, -0.15) is 0 Å². The van der Waals surface area contributed by atoms with Crippen LogP contribution in [0.1, 0.15) is 31.7 Å². The molecule has 0 saturated carbocycles. The number of hydrogen-bond acceptors (Lipinski definition) is 6. The van der Waals surface area contributed by atoms with Gasteiger partial charge in [-0.3, -0.25) is 4.79 Å². The Morgan fingerprint density at radius 3 is 2.53 bits per heavy atom.